The average Bonchev–Trinajstić information content (AvgIpc) is 2.27. The van der Waals surface area contributed by atoms with Crippen molar-refractivity contribution in [1.29, 1.82) is 0 Å². The van der Waals surface area contributed by atoms with Gasteiger partial charge in [-0.15, -0.1) is 0 Å². The SMILES string of the molecule is COc1cc(C(O)C(O)C(N)=O)ccc1O. The van der Waals surface area contributed by atoms with E-state index in [1.807, 2.05) is 0 Å². The molecule has 0 fully saturated rings. The highest BCUT2D eigenvalue weighted by Crippen LogP contribution is 2.29. The summed E-state index contributed by atoms with van der Waals surface area (Å²) in [7, 11) is 1.34. The summed E-state index contributed by atoms with van der Waals surface area (Å²) >= 11 is 0. The van der Waals surface area contributed by atoms with E-state index in [1.54, 1.807) is 0 Å². The Morgan fingerprint density at radius 3 is 2.56 bits per heavy atom. The number of carbonyl (C=O) groups is 1. The minimum Gasteiger partial charge on any atom is -0.504 e. The molecular weight excluding hydrogens is 214 g/mol. The van der Waals surface area contributed by atoms with Gasteiger partial charge in [-0.1, -0.05) is 6.07 Å². The monoisotopic (exact) mass is 227 g/mol. The van der Waals surface area contributed by atoms with Crippen LogP contribution in [0.5, 0.6) is 11.5 Å². The first kappa shape index (κ1) is 12.3. The predicted octanol–water partition coefficient (Wildman–Crippen LogP) is -0.720. The summed E-state index contributed by atoms with van der Waals surface area (Å²) in [5.41, 5.74) is 5.07. The molecule has 0 aliphatic carbocycles. The molecule has 0 aliphatic heterocycles. The second-order valence-corrected chi connectivity index (χ2v) is 3.22. The topological polar surface area (TPSA) is 113 Å². The van der Waals surface area contributed by atoms with Gasteiger partial charge in [0, 0.05) is 0 Å². The summed E-state index contributed by atoms with van der Waals surface area (Å²) in [6.07, 6.45) is -3.15. The van der Waals surface area contributed by atoms with Gasteiger partial charge in [-0.25, -0.2) is 0 Å². The summed E-state index contributed by atoms with van der Waals surface area (Å²) in [6.45, 7) is 0. The lowest BCUT2D eigenvalue weighted by Crippen LogP contribution is -2.33. The molecule has 1 aromatic rings. The Hall–Kier alpha value is -1.79. The Kier molecular flexibility index (Phi) is 3.70. The first-order chi connectivity index (χ1) is 7.47. The molecule has 5 N–H and O–H groups in total. The van der Waals surface area contributed by atoms with Crippen molar-refractivity contribution in [3.63, 3.8) is 0 Å². The lowest BCUT2D eigenvalue weighted by atomic mass is 10.0. The van der Waals surface area contributed by atoms with Crippen LogP contribution in [0.1, 0.15) is 11.7 Å². The van der Waals surface area contributed by atoms with Crippen molar-refractivity contribution in [2.75, 3.05) is 7.11 Å². The quantitative estimate of drug-likeness (QED) is 0.542. The Balaban J connectivity index is 3.00. The Morgan fingerprint density at radius 1 is 1.44 bits per heavy atom. The van der Waals surface area contributed by atoms with E-state index in [0.717, 1.165) is 0 Å². The van der Waals surface area contributed by atoms with E-state index in [0.29, 0.717) is 0 Å². The number of aliphatic hydroxyl groups excluding tert-OH is 2. The molecule has 1 rings (SSSR count). The van der Waals surface area contributed by atoms with Crippen molar-refractivity contribution in [3.8, 4) is 11.5 Å². The van der Waals surface area contributed by atoms with E-state index < -0.39 is 18.1 Å². The fourth-order valence-corrected chi connectivity index (χ4v) is 1.22. The van der Waals surface area contributed by atoms with Gasteiger partial charge in [-0.05, 0) is 17.7 Å². The number of phenols is 1. The first-order valence-electron chi connectivity index (χ1n) is 4.49. The number of rotatable bonds is 4. The number of primary amides is 1. The van der Waals surface area contributed by atoms with Crippen LogP contribution in [-0.4, -0.2) is 34.4 Å². The van der Waals surface area contributed by atoms with Gasteiger partial charge in [0.05, 0.1) is 7.11 Å². The summed E-state index contributed by atoms with van der Waals surface area (Å²) in [4.78, 5) is 10.7. The van der Waals surface area contributed by atoms with E-state index >= 15 is 0 Å². The first-order valence-corrected chi connectivity index (χ1v) is 4.49. The highest BCUT2D eigenvalue weighted by molar-refractivity contribution is 5.79. The highest BCUT2D eigenvalue weighted by Gasteiger charge is 2.24. The molecule has 1 amide bonds. The summed E-state index contributed by atoms with van der Waals surface area (Å²) in [6, 6.07) is 3.95. The number of carbonyl (C=O) groups excluding carboxylic acids is 1. The normalized spacial score (nSPS) is 14.2. The lowest BCUT2D eigenvalue weighted by molar-refractivity contribution is -0.131. The highest BCUT2D eigenvalue weighted by atomic mass is 16.5. The fraction of sp³-hybridized carbons (Fsp3) is 0.300. The number of ether oxygens (including phenoxy) is 1. The number of nitrogens with two attached hydrogens (primary N) is 1. The van der Waals surface area contributed by atoms with Crippen LogP contribution in [0.4, 0.5) is 0 Å². The molecule has 0 aromatic heterocycles. The van der Waals surface area contributed by atoms with Crippen LogP contribution in [0.2, 0.25) is 0 Å². The van der Waals surface area contributed by atoms with E-state index in [2.05, 4.69) is 0 Å². The summed E-state index contributed by atoms with van der Waals surface area (Å²) in [5.74, 6) is -1.00. The van der Waals surface area contributed by atoms with E-state index in [4.69, 9.17) is 10.5 Å². The number of hydrogen-bond acceptors (Lipinski definition) is 5. The maximum absolute atomic E-state index is 10.7. The van der Waals surface area contributed by atoms with Gasteiger partial charge in [-0.3, -0.25) is 4.79 Å². The maximum Gasteiger partial charge on any atom is 0.249 e. The molecule has 0 saturated heterocycles. The molecule has 0 heterocycles. The molecular formula is C10H13NO5. The molecule has 2 atom stereocenters. The fourth-order valence-electron chi connectivity index (χ4n) is 1.22. The number of benzene rings is 1. The second kappa shape index (κ2) is 4.82. The molecule has 6 nitrogen and oxygen atoms in total. The third kappa shape index (κ3) is 2.41. The third-order valence-electron chi connectivity index (χ3n) is 2.14. The average molecular weight is 227 g/mol. The van der Waals surface area contributed by atoms with Crippen LogP contribution >= 0.6 is 0 Å². The van der Waals surface area contributed by atoms with Gasteiger partial charge < -0.3 is 25.8 Å². The van der Waals surface area contributed by atoms with Crippen LogP contribution in [0.25, 0.3) is 0 Å². The summed E-state index contributed by atoms with van der Waals surface area (Å²) in [5, 5.41) is 28.1. The smallest absolute Gasteiger partial charge is 0.249 e. The Bertz CT molecular complexity index is 393. The van der Waals surface area contributed by atoms with Crippen molar-refractivity contribution in [3.05, 3.63) is 23.8 Å². The lowest BCUT2D eigenvalue weighted by Gasteiger charge is -2.16. The van der Waals surface area contributed by atoms with Gasteiger partial charge in [0.25, 0.3) is 0 Å². The van der Waals surface area contributed by atoms with Crippen molar-refractivity contribution >= 4 is 5.91 Å². The number of methoxy groups -OCH3 is 1. The molecule has 88 valence electrons. The van der Waals surface area contributed by atoms with Gasteiger partial charge in [-0.2, -0.15) is 0 Å². The van der Waals surface area contributed by atoms with Crippen LogP contribution in [-0.2, 0) is 4.79 Å². The number of amides is 1. The zero-order valence-electron chi connectivity index (χ0n) is 8.62. The molecule has 0 aliphatic rings. The van der Waals surface area contributed by atoms with Crippen molar-refractivity contribution in [2.45, 2.75) is 12.2 Å². The molecule has 16 heavy (non-hydrogen) atoms. The Labute approximate surface area is 91.9 Å². The van der Waals surface area contributed by atoms with Gasteiger partial charge in [0.2, 0.25) is 5.91 Å². The van der Waals surface area contributed by atoms with Crippen molar-refractivity contribution < 1.29 is 24.9 Å². The third-order valence-corrected chi connectivity index (χ3v) is 2.14. The van der Waals surface area contributed by atoms with E-state index in [9.17, 15) is 20.1 Å². The van der Waals surface area contributed by atoms with Crippen LogP contribution in [0.15, 0.2) is 18.2 Å². The Morgan fingerprint density at radius 2 is 2.06 bits per heavy atom. The molecule has 2 unspecified atom stereocenters. The molecule has 0 saturated carbocycles. The van der Waals surface area contributed by atoms with Crippen molar-refractivity contribution in [2.24, 2.45) is 5.73 Å². The number of aromatic hydroxyl groups is 1. The van der Waals surface area contributed by atoms with Gasteiger partial charge in [0.1, 0.15) is 6.10 Å². The van der Waals surface area contributed by atoms with Crippen LogP contribution in [0, 0.1) is 0 Å². The minimum atomic E-state index is -1.70. The zero-order chi connectivity index (χ0) is 12.3. The maximum atomic E-state index is 10.7. The number of phenolic OH excluding ortho intramolecular Hbond substituents is 1. The second-order valence-electron chi connectivity index (χ2n) is 3.22. The van der Waals surface area contributed by atoms with Gasteiger partial charge >= 0.3 is 0 Å². The molecule has 6 heteroatoms. The molecule has 0 spiro atoms. The standard InChI is InChI=1S/C10H13NO5/c1-16-7-4-5(2-3-6(7)12)8(13)9(14)10(11)15/h2-4,8-9,12-14H,1H3,(H2,11,15). The zero-order valence-corrected chi connectivity index (χ0v) is 8.62. The van der Waals surface area contributed by atoms with Crippen molar-refractivity contribution in [1.82, 2.24) is 0 Å². The molecule has 1 aromatic carbocycles. The molecule has 0 bridgehead atoms. The minimum absolute atomic E-state index is 0.105. The predicted molar refractivity (Wildman–Crippen MR) is 54.8 cm³/mol. The number of aliphatic hydroxyl groups is 2. The number of hydrogen-bond donors (Lipinski definition) is 4. The van der Waals surface area contributed by atoms with Crippen LogP contribution < -0.4 is 10.5 Å². The molecule has 0 radical (unpaired) electrons. The summed E-state index contributed by atoms with van der Waals surface area (Å²) < 4.78 is 4.82. The largest absolute Gasteiger partial charge is 0.504 e. The van der Waals surface area contributed by atoms with Gasteiger partial charge in [0.15, 0.2) is 17.6 Å². The van der Waals surface area contributed by atoms with E-state index in [-0.39, 0.29) is 17.1 Å². The van der Waals surface area contributed by atoms with E-state index in [1.165, 1.54) is 25.3 Å². The van der Waals surface area contributed by atoms with Crippen LogP contribution in [0.3, 0.4) is 0 Å².